The molecule has 0 spiro atoms. The van der Waals surface area contributed by atoms with E-state index in [-0.39, 0.29) is 0 Å². The molecule has 4 heteroatoms. The number of furan rings is 2. The summed E-state index contributed by atoms with van der Waals surface area (Å²) in [7, 11) is 0. The number of para-hydroxylation sites is 4. The lowest BCUT2D eigenvalue weighted by atomic mass is 10.0. The smallest absolute Gasteiger partial charge is 0.137 e. The van der Waals surface area contributed by atoms with Crippen LogP contribution in [-0.4, -0.2) is 0 Å². The van der Waals surface area contributed by atoms with E-state index >= 15 is 0 Å². The van der Waals surface area contributed by atoms with Gasteiger partial charge in [0.25, 0.3) is 0 Å². The third kappa shape index (κ3) is 5.17. The second-order valence-electron chi connectivity index (χ2n) is 13.0. The van der Waals surface area contributed by atoms with E-state index in [9.17, 15) is 0 Å². The molecular weight excluding hydrogens is 637 g/mol. The first-order chi connectivity index (χ1) is 25.8. The molecule has 0 aliphatic rings. The Hall–Kier alpha value is -7.04. The van der Waals surface area contributed by atoms with Crippen molar-refractivity contribution in [3.05, 3.63) is 194 Å². The van der Waals surface area contributed by atoms with Crippen LogP contribution >= 0.6 is 0 Å². The number of benzene rings is 8. The molecule has 8 aromatic carbocycles. The predicted octanol–water partition coefficient (Wildman–Crippen LogP) is 14.1. The molecular formula is C48H32N2O2. The third-order valence-corrected chi connectivity index (χ3v) is 9.85. The summed E-state index contributed by atoms with van der Waals surface area (Å²) in [6, 6.07) is 67.9. The second kappa shape index (κ2) is 12.4. The fraction of sp³-hybridized carbons (Fsp3) is 0. The normalized spacial score (nSPS) is 11.5. The molecule has 2 heterocycles. The Labute approximate surface area is 301 Å². The van der Waals surface area contributed by atoms with Crippen LogP contribution in [0.5, 0.6) is 0 Å². The number of hydrogen-bond donors (Lipinski definition) is 0. The number of rotatable bonds is 7. The average Bonchev–Trinajstić information content (AvgIpc) is 3.77. The van der Waals surface area contributed by atoms with E-state index in [2.05, 4.69) is 168 Å². The number of anilines is 6. The molecule has 0 bridgehead atoms. The van der Waals surface area contributed by atoms with Crippen molar-refractivity contribution in [2.24, 2.45) is 0 Å². The summed E-state index contributed by atoms with van der Waals surface area (Å²) in [6.07, 6.45) is 0. The number of nitrogens with zero attached hydrogens (tertiary/aromatic N) is 2. The van der Waals surface area contributed by atoms with Gasteiger partial charge in [0, 0.05) is 67.8 Å². The van der Waals surface area contributed by atoms with E-state index in [1.165, 1.54) is 0 Å². The first-order valence-electron chi connectivity index (χ1n) is 17.5. The van der Waals surface area contributed by atoms with Gasteiger partial charge in [0.2, 0.25) is 0 Å². The van der Waals surface area contributed by atoms with E-state index in [1.807, 2.05) is 36.4 Å². The zero-order valence-electron chi connectivity index (χ0n) is 28.2. The van der Waals surface area contributed by atoms with Crippen LogP contribution in [0.2, 0.25) is 0 Å². The lowest BCUT2D eigenvalue weighted by molar-refractivity contribution is 0.668. The molecule has 52 heavy (non-hydrogen) atoms. The highest BCUT2D eigenvalue weighted by Gasteiger charge is 2.17. The Morgan fingerprint density at radius 3 is 1.00 bits per heavy atom. The lowest BCUT2D eigenvalue weighted by Crippen LogP contribution is -2.10. The summed E-state index contributed by atoms with van der Waals surface area (Å²) < 4.78 is 12.5. The minimum absolute atomic E-state index is 0.874. The largest absolute Gasteiger partial charge is 0.456 e. The van der Waals surface area contributed by atoms with Gasteiger partial charge in [-0.2, -0.15) is 0 Å². The first-order valence-corrected chi connectivity index (χ1v) is 17.5. The molecule has 246 valence electrons. The predicted molar refractivity (Wildman–Crippen MR) is 216 cm³/mol. The molecule has 0 aliphatic heterocycles. The minimum Gasteiger partial charge on any atom is -0.456 e. The van der Waals surface area contributed by atoms with Crippen LogP contribution in [0.15, 0.2) is 203 Å². The van der Waals surface area contributed by atoms with Gasteiger partial charge in [-0.05, 0) is 96.1 Å². The molecule has 0 radical (unpaired) electrons. The quantitative estimate of drug-likeness (QED) is 0.169. The van der Waals surface area contributed by atoms with Gasteiger partial charge in [-0.1, -0.05) is 97.1 Å². The van der Waals surface area contributed by atoms with Gasteiger partial charge in [0.1, 0.15) is 22.3 Å². The highest BCUT2D eigenvalue weighted by atomic mass is 16.3. The average molecular weight is 669 g/mol. The van der Waals surface area contributed by atoms with Crippen LogP contribution in [0.1, 0.15) is 0 Å². The maximum Gasteiger partial charge on any atom is 0.137 e. The van der Waals surface area contributed by atoms with Crippen LogP contribution in [0.3, 0.4) is 0 Å². The van der Waals surface area contributed by atoms with E-state index in [1.54, 1.807) is 0 Å². The molecule has 0 amide bonds. The van der Waals surface area contributed by atoms with Crippen molar-refractivity contribution in [1.29, 1.82) is 0 Å². The second-order valence-corrected chi connectivity index (χ2v) is 13.0. The Kier molecular flexibility index (Phi) is 7.10. The van der Waals surface area contributed by atoms with Crippen LogP contribution in [0.25, 0.3) is 55.0 Å². The zero-order chi connectivity index (χ0) is 34.4. The molecule has 0 N–H and O–H groups in total. The summed E-state index contributed by atoms with van der Waals surface area (Å²) in [5, 5.41) is 4.49. The van der Waals surface area contributed by atoms with Crippen LogP contribution in [0.4, 0.5) is 34.1 Å². The topological polar surface area (TPSA) is 32.8 Å². The van der Waals surface area contributed by atoms with Crippen LogP contribution in [-0.2, 0) is 0 Å². The Bertz CT molecular complexity index is 2640. The molecule has 10 rings (SSSR count). The van der Waals surface area contributed by atoms with Gasteiger partial charge in [-0.25, -0.2) is 0 Å². The zero-order valence-corrected chi connectivity index (χ0v) is 28.2. The highest BCUT2D eigenvalue weighted by molar-refractivity contribution is 6.07. The third-order valence-electron chi connectivity index (χ3n) is 9.85. The first kappa shape index (κ1) is 29.8. The summed E-state index contributed by atoms with van der Waals surface area (Å²) >= 11 is 0. The van der Waals surface area contributed by atoms with Crippen molar-refractivity contribution in [3.63, 3.8) is 0 Å². The van der Waals surface area contributed by atoms with E-state index in [0.29, 0.717) is 0 Å². The lowest BCUT2D eigenvalue weighted by Gasteiger charge is -2.26. The van der Waals surface area contributed by atoms with Crippen LogP contribution < -0.4 is 9.80 Å². The summed E-state index contributed by atoms with van der Waals surface area (Å²) in [6.45, 7) is 0. The molecule has 0 unspecified atom stereocenters. The van der Waals surface area contributed by atoms with Crippen molar-refractivity contribution in [2.45, 2.75) is 0 Å². The van der Waals surface area contributed by atoms with Crippen molar-refractivity contribution < 1.29 is 8.83 Å². The van der Waals surface area contributed by atoms with Gasteiger partial charge >= 0.3 is 0 Å². The summed E-state index contributed by atoms with van der Waals surface area (Å²) in [4.78, 5) is 4.55. The SMILES string of the molecule is c1ccc(N(c2ccc(-c3ccc(N(c4ccccc4)c4ccc5c(c4)oc4ccccc45)cc3)cc2)c2ccc3c(c2)oc2ccccc23)cc1. The number of hydrogen-bond acceptors (Lipinski definition) is 4. The van der Waals surface area contributed by atoms with Crippen molar-refractivity contribution in [3.8, 4) is 11.1 Å². The Morgan fingerprint density at radius 2 is 0.577 bits per heavy atom. The standard InChI is InChI=1S/C48H32N2O2/c1-3-11-35(12-4-1)49(39-27-29-43-41-15-7-9-17-45(41)51-47(43)31-39)37-23-19-33(20-24-37)34-21-25-38(26-22-34)50(36-13-5-2-6-14-36)40-28-30-44-42-16-8-10-18-46(42)52-48(44)32-40/h1-32H. The maximum absolute atomic E-state index is 6.27. The van der Waals surface area contributed by atoms with Gasteiger partial charge in [-0.15, -0.1) is 0 Å². The van der Waals surface area contributed by atoms with Gasteiger partial charge in [0.15, 0.2) is 0 Å². The molecule has 0 aliphatic carbocycles. The minimum atomic E-state index is 0.874. The van der Waals surface area contributed by atoms with Gasteiger partial charge in [-0.3, -0.25) is 0 Å². The molecule has 4 nitrogen and oxygen atoms in total. The van der Waals surface area contributed by atoms with Crippen molar-refractivity contribution >= 4 is 78.0 Å². The maximum atomic E-state index is 6.27. The number of fused-ring (bicyclic) bond motifs is 6. The van der Waals surface area contributed by atoms with Gasteiger partial charge < -0.3 is 18.6 Å². The van der Waals surface area contributed by atoms with E-state index in [0.717, 1.165) is 89.1 Å². The monoisotopic (exact) mass is 668 g/mol. The van der Waals surface area contributed by atoms with Gasteiger partial charge in [0.05, 0.1) is 0 Å². The Balaban J connectivity index is 0.989. The Morgan fingerprint density at radius 1 is 0.250 bits per heavy atom. The van der Waals surface area contributed by atoms with E-state index < -0.39 is 0 Å². The molecule has 2 aromatic heterocycles. The van der Waals surface area contributed by atoms with Crippen molar-refractivity contribution in [2.75, 3.05) is 9.80 Å². The molecule has 0 saturated heterocycles. The molecule has 0 saturated carbocycles. The molecule has 0 atom stereocenters. The fourth-order valence-corrected chi connectivity index (χ4v) is 7.36. The van der Waals surface area contributed by atoms with Crippen molar-refractivity contribution in [1.82, 2.24) is 0 Å². The molecule has 10 aromatic rings. The summed E-state index contributed by atoms with van der Waals surface area (Å²) in [5.41, 5.74) is 12.2. The molecule has 0 fully saturated rings. The fourth-order valence-electron chi connectivity index (χ4n) is 7.36. The highest BCUT2D eigenvalue weighted by Crippen LogP contribution is 2.41. The van der Waals surface area contributed by atoms with Crippen LogP contribution in [0, 0.1) is 0 Å². The van der Waals surface area contributed by atoms with E-state index in [4.69, 9.17) is 8.83 Å². The summed E-state index contributed by atoms with van der Waals surface area (Å²) in [5.74, 6) is 0.